The van der Waals surface area contributed by atoms with Crippen molar-refractivity contribution in [2.24, 2.45) is 5.92 Å². The average Bonchev–Trinajstić information content (AvgIpc) is 2.65. The highest BCUT2D eigenvalue weighted by Crippen LogP contribution is 2.22. The molecule has 0 saturated carbocycles. The normalized spacial score (nSPS) is 17.0. The van der Waals surface area contributed by atoms with Crippen molar-refractivity contribution >= 4 is 5.91 Å². The van der Waals surface area contributed by atoms with Gasteiger partial charge in [-0.25, -0.2) is 0 Å². The molecule has 1 fully saturated rings. The molecular formula is C20H23NO5. The fourth-order valence-corrected chi connectivity index (χ4v) is 3.14. The summed E-state index contributed by atoms with van der Waals surface area (Å²) in [4.78, 5) is 26.0. The van der Waals surface area contributed by atoms with Crippen molar-refractivity contribution in [2.75, 3.05) is 26.8 Å². The number of rotatable bonds is 5. The smallest absolute Gasteiger partial charge is 0.289 e. The second kappa shape index (κ2) is 8.08. The van der Waals surface area contributed by atoms with E-state index in [9.17, 15) is 9.59 Å². The summed E-state index contributed by atoms with van der Waals surface area (Å²) in [6.45, 7) is 3.45. The Kier molecular flexibility index (Phi) is 5.61. The highest BCUT2D eigenvalue weighted by Gasteiger charge is 2.26. The van der Waals surface area contributed by atoms with E-state index in [0.29, 0.717) is 25.5 Å². The molecule has 3 rings (SSSR count). The van der Waals surface area contributed by atoms with Crippen molar-refractivity contribution in [3.8, 4) is 11.5 Å². The summed E-state index contributed by atoms with van der Waals surface area (Å²) in [5, 5.41) is 0. The molecular weight excluding hydrogens is 334 g/mol. The number of hydrogen-bond acceptors (Lipinski definition) is 5. The zero-order valence-electron chi connectivity index (χ0n) is 15.1. The molecule has 6 nitrogen and oxygen atoms in total. The minimum Gasteiger partial charge on any atom is -0.497 e. The Morgan fingerprint density at radius 3 is 2.65 bits per heavy atom. The van der Waals surface area contributed by atoms with E-state index in [1.54, 1.807) is 18.9 Å². The molecule has 6 heteroatoms. The predicted octanol–water partition coefficient (Wildman–Crippen LogP) is 2.89. The standard InChI is InChI=1S/C20H23NO5/c1-14-10-16(22)11-19(26-14)20(23)21-9-3-4-15(12-21)13-25-18-7-5-17(24-2)6-8-18/h5-8,10-11,15H,3-4,9,12-13H2,1-2H3. The van der Waals surface area contributed by atoms with Crippen LogP contribution in [0.4, 0.5) is 0 Å². The number of carbonyl (C=O) groups excluding carboxylic acids is 1. The molecule has 0 bridgehead atoms. The van der Waals surface area contributed by atoms with E-state index in [4.69, 9.17) is 13.9 Å². The van der Waals surface area contributed by atoms with Gasteiger partial charge in [0.05, 0.1) is 13.7 Å². The van der Waals surface area contributed by atoms with Crippen molar-refractivity contribution < 1.29 is 18.7 Å². The number of hydrogen-bond donors (Lipinski definition) is 0. The minimum absolute atomic E-state index is 0.103. The molecule has 1 amide bonds. The molecule has 26 heavy (non-hydrogen) atoms. The molecule has 1 aliphatic heterocycles. The second-order valence-corrected chi connectivity index (χ2v) is 6.51. The zero-order chi connectivity index (χ0) is 18.5. The first-order valence-electron chi connectivity index (χ1n) is 8.73. The molecule has 1 saturated heterocycles. The Balaban J connectivity index is 1.59. The molecule has 1 unspecified atom stereocenters. The average molecular weight is 357 g/mol. The van der Waals surface area contributed by atoms with Gasteiger partial charge in [-0.3, -0.25) is 9.59 Å². The van der Waals surface area contributed by atoms with E-state index in [1.807, 2.05) is 24.3 Å². The molecule has 0 N–H and O–H groups in total. The number of aryl methyl sites for hydroxylation is 1. The predicted molar refractivity (Wildman–Crippen MR) is 96.8 cm³/mol. The number of amides is 1. The lowest BCUT2D eigenvalue weighted by Gasteiger charge is -2.32. The van der Waals surface area contributed by atoms with Crippen LogP contribution in [0.5, 0.6) is 11.5 Å². The summed E-state index contributed by atoms with van der Waals surface area (Å²) in [5.41, 5.74) is -0.214. The van der Waals surface area contributed by atoms with Crippen LogP contribution in [0.2, 0.25) is 0 Å². The Morgan fingerprint density at radius 2 is 1.96 bits per heavy atom. The molecule has 0 spiro atoms. The molecule has 2 heterocycles. The fraction of sp³-hybridized carbons (Fsp3) is 0.400. The van der Waals surface area contributed by atoms with Crippen molar-refractivity contribution in [1.29, 1.82) is 0 Å². The molecule has 138 valence electrons. The summed E-state index contributed by atoms with van der Waals surface area (Å²) in [6.07, 6.45) is 1.90. The first-order valence-corrected chi connectivity index (χ1v) is 8.73. The van der Waals surface area contributed by atoms with Gasteiger partial charge in [0.2, 0.25) is 0 Å². The molecule has 1 aliphatic rings. The fourth-order valence-electron chi connectivity index (χ4n) is 3.14. The first kappa shape index (κ1) is 18.0. The van der Waals surface area contributed by atoms with Crippen LogP contribution in [0.15, 0.2) is 45.6 Å². The number of carbonyl (C=O) groups is 1. The Labute approximate surface area is 152 Å². The molecule has 0 radical (unpaired) electrons. The monoisotopic (exact) mass is 357 g/mol. The van der Waals surface area contributed by atoms with E-state index < -0.39 is 0 Å². The van der Waals surface area contributed by atoms with E-state index in [0.717, 1.165) is 24.3 Å². The van der Waals surface area contributed by atoms with Crippen LogP contribution in [0, 0.1) is 12.8 Å². The van der Waals surface area contributed by atoms with Crippen molar-refractivity contribution in [3.05, 3.63) is 58.1 Å². The Hall–Kier alpha value is -2.76. The topological polar surface area (TPSA) is 69.0 Å². The van der Waals surface area contributed by atoms with Gasteiger partial charge in [-0.15, -0.1) is 0 Å². The van der Waals surface area contributed by atoms with Gasteiger partial charge in [0, 0.05) is 31.1 Å². The van der Waals surface area contributed by atoms with Gasteiger partial charge in [-0.05, 0) is 44.0 Å². The quantitative estimate of drug-likeness (QED) is 0.823. The van der Waals surface area contributed by atoms with E-state index in [2.05, 4.69) is 0 Å². The summed E-state index contributed by atoms with van der Waals surface area (Å²) in [5.74, 6) is 2.11. The van der Waals surface area contributed by atoms with E-state index in [-0.39, 0.29) is 23.0 Å². The number of methoxy groups -OCH3 is 1. The van der Waals surface area contributed by atoms with Gasteiger partial charge >= 0.3 is 0 Å². The van der Waals surface area contributed by atoms with Crippen LogP contribution in [-0.4, -0.2) is 37.6 Å². The number of piperidine rings is 1. The van der Waals surface area contributed by atoms with Crippen LogP contribution in [0.1, 0.15) is 29.2 Å². The summed E-state index contributed by atoms with van der Waals surface area (Å²) >= 11 is 0. The number of likely N-dealkylation sites (tertiary alicyclic amines) is 1. The third-order valence-corrected chi connectivity index (χ3v) is 4.45. The third kappa shape index (κ3) is 4.45. The summed E-state index contributed by atoms with van der Waals surface area (Å²) in [6, 6.07) is 10.1. The molecule has 0 aliphatic carbocycles. The van der Waals surface area contributed by atoms with Crippen LogP contribution in [0.25, 0.3) is 0 Å². The third-order valence-electron chi connectivity index (χ3n) is 4.45. The van der Waals surface area contributed by atoms with Crippen molar-refractivity contribution in [3.63, 3.8) is 0 Å². The van der Waals surface area contributed by atoms with Crippen molar-refractivity contribution in [2.45, 2.75) is 19.8 Å². The van der Waals surface area contributed by atoms with Gasteiger partial charge in [-0.2, -0.15) is 0 Å². The largest absolute Gasteiger partial charge is 0.497 e. The number of benzene rings is 1. The highest BCUT2D eigenvalue weighted by molar-refractivity contribution is 5.91. The second-order valence-electron chi connectivity index (χ2n) is 6.51. The van der Waals surface area contributed by atoms with Crippen molar-refractivity contribution in [1.82, 2.24) is 4.90 Å². The molecule has 2 aromatic rings. The van der Waals surface area contributed by atoms with Crippen LogP contribution >= 0.6 is 0 Å². The summed E-state index contributed by atoms with van der Waals surface area (Å²) < 4.78 is 16.4. The zero-order valence-corrected chi connectivity index (χ0v) is 15.1. The van der Waals surface area contributed by atoms with E-state index in [1.165, 1.54) is 12.1 Å². The maximum Gasteiger partial charge on any atom is 0.289 e. The number of ether oxygens (including phenoxy) is 2. The highest BCUT2D eigenvalue weighted by atomic mass is 16.5. The SMILES string of the molecule is COc1ccc(OCC2CCCN(C(=O)c3cc(=O)cc(C)o3)C2)cc1. The van der Waals surface area contributed by atoms with Gasteiger partial charge < -0.3 is 18.8 Å². The molecule has 1 atom stereocenters. The van der Waals surface area contributed by atoms with Crippen LogP contribution in [0.3, 0.4) is 0 Å². The van der Waals surface area contributed by atoms with Gasteiger partial charge in [-0.1, -0.05) is 0 Å². The Morgan fingerprint density at radius 1 is 1.23 bits per heavy atom. The van der Waals surface area contributed by atoms with Gasteiger partial charge in [0.1, 0.15) is 17.3 Å². The van der Waals surface area contributed by atoms with Gasteiger partial charge in [0.25, 0.3) is 5.91 Å². The van der Waals surface area contributed by atoms with Gasteiger partial charge in [0.15, 0.2) is 11.2 Å². The lowest BCUT2D eigenvalue weighted by Crippen LogP contribution is -2.41. The number of nitrogens with zero attached hydrogens (tertiary/aromatic N) is 1. The maximum atomic E-state index is 12.6. The van der Waals surface area contributed by atoms with Crippen LogP contribution in [-0.2, 0) is 0 Å². The maximum absolute atomic E-state index is 12.6. The van der Waals surface area contributed by atoms with E-state index >= 15 is 0 Å². The van der Waals surface area contributed by atoms with Crippen LogP contribution < -0.4 is 14.9 Å². The minimum atomic E-state index is -0.236. The molecule has 1 aromatic carbocycles. The first-order chi connectivity index (χ1) is 12.5. The lowest BCUT2D eigenvalue weighted by molar-refractivity contribution is 0.0598. The summed E-state index contributed by atoms with van der Waals surface area (Å²) in [7, 11) is 1.62. The molecule has 1 aromatic heterocycles. The Bertz CT molecular complexity index is 812. The lowest BCUT2D eigenvalue weighted by atomic mass is 9.98.